The highest BCUT2D eigenvalue weighted by Crippen LogP contribution is 2.14. The summed E-state index contributed by atoms with van der Waals surface area (Å²) in [6, 6.07) is 0. The Bertz CT molecular complexity index is 539. The molecule has 1 aromatic heterocycles. The van der Waals surface area contributed by atoms with Crippen LogP contribution in [-0.2, 0) is 20.8 Å². The van der Waals surface area contributed by atoms with E-state index in [1.807, 2.05) is 0 Å². The topological polar surface area (TPSA) is 82.5 Å². The molecule has 1 aromatic rings. The molecule has 1 N–H and O–H groups in total. The Kier molecular flexibility index (Phi) is 7.03. The van der Waals surface area contributed by atoms with E-state index in [2.05, 4.69) is 19.9 Å². The van der Waals surface area contributed by atoms with Gasteiger partial charge in [0.15, 0.2) is 0 Å². The minimum absolute atomic E-state index is 0.0198. The Morgan fingerprint density at radius 2 is 2.29 bits per heavy atom. The average Bonchev–Trinajstić information content (AvgIpc) is 2.45. The summed E-state index contributed by atoms with van der Waals surface area (Å²) in [5, 5.41) is 6.31. The number of alkyl halides is 2. The van der Waals surface area contributed by atoms with Crippen molar-refractivity contribution in [1.29, 1.82) is 0 Å². The predicted octanol–water partition coefficient (Wildman–Crippen LogP) is 0.763. The molecular weight excluding hydrogens is 312 g/mol. The van der Waals surface area contributed by atoms with Crippen molar-refractivity contribution in [2.45, 2.75) is 13.0 Å². The van der Waals surface area contributed by atoms with Crippen LogP contribution in [0.15, 0.2) is 11.0 Å². The summed E-state index contributed by atoms with van der Waals surface area (Å²) < 4.78 is 33.6. The molecule has 0 aliphatic heterocycles. The number of hydrogen-bond donors (Lipinski definition) is 1. The highest BCUT2D eigenvalue weighted by molar-refractivity contribution is 6.32. The molecule has 0 radical (unpaired) electrons. The molecular formula is C11H14ClF2N3O4. The molecule has 0 saturated carbocycles. The Labute approximate surface area is 123 Å². The second kappa shape index (κ2) is 8.53. The minimum atomic E-state index is -2.53. The quantitative estimate of drug-likeness (QED) is 0.561. The molecule has 1 rings (SSSR count). The molecule has 0 unspecified atom stereocenters. The lowest BCUT2D eigenvalue weighted by atomic mass is 10.4. The van der Waals surface area contributed by atoms with Crippen LogP contribution in [0.3, 0.4) is 0 Å². The maximum atomic E-state index is 11.8. The van der Waals surface area contributed by atoms with E-state index in [-0.39, 0.29) is 30.4 Å². The van der Waals surface area contributed by atoms with E-state index < -0.39 is 24.6 Å². The van der Waals surface area contributed by atoms with E-state index in [0.29, 0.717) is 0 Å². The number of nitrogens with one attached hydrogen (secondary N) is 1. The van der Waals surface area contributed by atoms with Crippen molar-refractivity contribution < 1.29 is 23.0 Å². The van der Waals surface area contributed by atoms with Gasteiger partial charge in [0.1, 0.15) is 18.2 Å². The molecule has 0 spiro atoms. The van der Waals surface area contributed by atoms with Crippen LogP contribution in [0.4, 0.5) is 14.5 Å². The van der Waals surface area contributed by atoms with Crippen LogP contribution in [0.25, 0.3) is 0 Å². The second-order valence-corrected chi connectivity index (χ2v) is 4.18. The van der Waals surface area contributed by atoms with Crippen molar-refractivity contribution in [2.24, 2.45) is 0 Å². The van der Waals surface area contributed by atoms with Gasteiger partial charge in [-0.05, 0) is 0 Å². The molecule has 0 amide bonds. The number of esters is 1. The van der Waals surface area contributed by atoms with Gasteiger partial charge in [-0.1, -0.05) is 11.6 Å². The fraction of sp³-hybridized carbons (Fsp3) is 0.545. The molecule has 10 heteroatoms. The van der Waals surface area contributed by atoms with Crippen LogP contribution in [0, 0.1) is 0 Å². The molecule has 1 heterocycles. The predicted molar refractivity (Wildman–Crippen MR) is 70.8 cm³/mol. The van der Waals surface area contributed by atoms with Gasteiger partial charge in [0, 0.05) is 6.54 Å². The largest absolute Gasteiger partial charge is 0.468 e. The summed E-state index contributed by atoms with van der Waals surface area (Å²) in [6.45, 7) is -0.818. The van der Waals surface area contributed by atoms with E-state index in [1.165, 1.54) is 13.3 Å². The summed E-state index contributed by atoms with van der Waals surface area (Å²) in [6.07, 6.45) is -1.28. The second-order valence-electron chi connectivity index (χ2n) is 3.80. The summed E-state index contributed by atoms with van der Waals surface area (Å²) >= 11 is 5.84. The average molecular weight is 326 g/mol. The van der Waals surface area contributed by atoms with Gasteiger partial charge < -0.3 is 14.8 Å². The summed E-state index contributed by atoms with van der Waals surface area (Å²) in [5.41, 5.74) is -0.441. The van der Waals surface area contributed by atoms with Crippen LogP contribution < -0.4 is 10.9 Å². The zero-order valence-corrected chi connectivity index (χ0v) is 11.9. The number of aromatic nitrogens is 2. The number of anilines is 1. The van der Waals surface area contributed by atoms with E-state index in [0.717, 1.165) is 4.68 Å². The van der Waals surface area contributed by atoms with Crippen LogP contribution in [-0.4, -0.2) is 49.0 Å². The molecule has 0 aliphatic carbocycles. The van der Waals surface area contributed by atoms with Crippen molar-refractivity contribution in [3.8, 4) is 0 Å². The number of carbonyl (C=O) groups excluding carboxylic acids is 1. The van der Waals surface area contributed by atoms with Crippen molar-refractivity contribution in [3.05, 3.63) is 21.6 Å². The van der Waals surface area contributed by atoms with Gasteiger partial charge in [0.05, 0.1) is 25.6 Å². The Hall–Kier alpha value is -1.74. The lowest BCUT2D eigenvalue weighted by molar-refractivity contribution is -0.141. The van der Waals surface area contributed by atoms with E-state index >= 15 is 0 Å². The molecule has 21 heavy (non-hydrogen) atoms. The first-order chi connectivity index (χ1) is 9.95. The fourth-order valence-electron chi connectivity index (χ4n) is 1.32. The van der Waals surface area contributed by atoms with Crippen molar-refractivity contribution >= 4 is 23.3 Å². The highest BCUT2D eigenvalue weighted by Gasteiger charge is 2.12. The van der Waals surface area contributed by atoms with E-state index in [9.17, 15) is 18.4 Å². The zero-order valence-electron chi connectivity index (χ0n) is 11.1. The maximum absolute atomic E-state index is 11.8. The Morgan fingerprint density at radius 3 is 2.90 bits per heavy atom. The van der Waals surface area contributed by atoms with Gasteiger partial charge in [0.25, 0.3) is 12.0 Å². The molecule has 0 aromatic carbocycles. The van der Waals surface area contributed by atoms with Gasteiger partial charge in [0.2, 0.25) is 0 Å². The van der Waals surface area contributed by atoms with Crippen LogP contribution in [0.5, 0.6) is 0 Å². The maximum Gasteiger partial charge on any atom is 0.327 e. The number of methoxy groups -OCH3 is 1. The van der Waals surface area contributed by atoms with Crippen molar-refractivity contribution in [1.82, 2.24) is 9.78 Å². The van der Waals surface area contributed by atoms with Gasteiger partial charge in [-0.2, -0.15) is 5.10 Å². The van der Waals surface area contributed by atoms with Gasteiger partial charge >= 0.3 is 5.97 Å². The number of rotatable bonds is 8. The molecule has 0 fully saturated rings. The lowest BCUT2D eigenvalue weighted by Crippen LogP contribution is -2.28. The van der Waals surface area contributed by atoms with Crippen LogP contribution in [0.1, 0.15) is 0 Å². The van der Waals surface area contributed by atoms with Crippen LogP contribution >= 0.6 is 11.6 Å². The Balaban J connectivity index is 2.59. The van der Waals surface area contributed by atoms with Crippen molar-refractivity contribution in [3.63, 3.8) is 0 Å². The number of carbonyl (C=O) groups is 1. The lowest BCUT2D eigenvalue weighted by Gasteiger charge is -2.10. The molecule has 0 atom stereocenters. The molecule has 7 nitrogen and oxygen atoms in total. The third kappa shape index (κ3) is 5.64. The van der Waals surface area contributed by atoms with E-state index in [1.54, 1.807) is 0 Å². The first kappa shape index (κ1) is 17.3. The highest BCUT2D eigenvalue weighted by atomic mass is 35.5. The summed E-state index contributed by atoms with van der Waals surface area (Å²) in [5.74, 6) is -0.637. The monoisotopic (exact) mass is 325 g/mol. The summed E-state index contributed by atoms with van der Waals surface area (Å²) in [7, 11) is 1.18. The smallest absolute Gasteiger partial charge is 0.327 e. The normalized spacial score (nSPS) is 10.7. The fourth-order valence-corrected chi connectivity index (χ4v) is 1.53. The molecule has 0 saturated heterocycles. The SMILES string of the molecule is COC(=O)Cn1ncc(NCCOCC(F)F)c(Cl)c1=O. The summed E-state index contributed by atoms with van der Waals surface area (Å²) in [4.78, 5) is 22.9. The third-order valence-corrected chi connectivity index (χ3v) is 2.66. The number of nitrogens with zero attached hydrogens (tertiary/aromatic N) is 2. The van der Waals surface area contributed by atoms with Gasteiger partial charge in [-0.15, -0.1) is 0 Å². The van der Waals surface area contributed by atoms with Gasteiger partial charge in [-0.25, -0.2) is 13.5 Å². The zero-order chi connectivity index (χ0) is 15.8. The molecule has 0 bridgehead atoms. The first-order valence-corrected chi connectivity index (χ1v) is 6.25. The Morgan fingerprint density at radius 1 is 1.57 bits per heavy atom. The number of halogens is 3. The minimum Gasteiger partial charge on any atom is -0.468 e. The molecule has 118 valence electrons. The third-order valence-electron chi connectivity index (χ3n) is 2.30. The number of hydrogen-bond acceptors (Lipinski definition) is 6. The van der Waals surface area contributed by atoms with Gasteiger partial charge in [-0.3, -0.25) is 9.59 Å². The van der Waals surface area contributed by atoms with Crippen LogP contribution in [0.2, 0.25) is 5.02 Å². The van der Waals surface area contributed by atoms with E-state index in [4.69, 9.17) is 11.6 Å². The van der Waals surface area contributed by atoms with Crippen molar-refractivity contribution in [2.75, 3.05) is 32.2 Å². The standard InChI is InChI=1S/C11H14ClF2N3O4/c1-20-9(18)5-17-11(19)10(12)7(4-16-17)15-2-3-21-6-8(13)14/h4,8,15H,2-3,5-6H2,1H3. The molecule has 0 aliphatic rings. The number of ether oxygens (including phenoxy) is 2. The first-order valence-electron chi connectivity index (χ1n) is 5.88.